The molecule has 0 saturated heterocycles. The number of ether oxygens (including phenoxy) is 1. The number of benzene rings is 3. The molecule has 0 spiro atoms. The van der Waals surface area contributed by atoms with E-state index < -0.39 is 35.3 Å². The number of nitrogens with zero attached hydrogens (tertiary/aromatic N) is 4. The first kappa shape index (κ1) is 29.3. The summed E-state index contributed by atoms with van der Waals surface area (Å²) in [5, 5.41) is 3.22. The normalized spacial score (nSPS) is 12.0. The summed E-state index contributed by atoms with van der Waals surface area (Å²) in [5.41, 5.74) is 5.99. The highest BCUT2D eigenvalue weighted by Crippen LogP contribution is 2.27. The summed E-state index contributed by atoms with van der Waals surface area (Å²) in [5.74, 6) is 3.51. The van der Waals surface area contributed by atoms with Crippen molar-refractivity contribution >= 4 is 34.1 Å². The molecule has 1 unspecified atom stereocenters. The second-order valence-corrected chi connectivity index (χ2v) is 9.45. The number of alkyl halides is 3. The Balaban J connectivity index is 1.56. The number of anilines is 2. The Hall–Kier alpha value is -5.22. The van der Waals surface area contributed by atoms with Gasteiger partial charge in [0.1, 0.15) is 46.7 Å². The fraction of sp³-hybridized carbons (Fsp3) is 0.103. The van der Waals surface area contributed by atoms with E-state index in [9.17, 15) is 26.7 Å². The lowest BCUT2D eigenvalue weighted by molar-refractivity contribution is -0.274. The van der Waals surface area contributed by atoms with E-state index in [4.69, 9.17) is 17.3 Å². The van der Waals surface area contributed by atoms with Crippen LogP contribution in [0.3, 0.4) is 0 Å². The van der Waals surface area contributed by atoms with Crippen molar-refractivity contribution in [2.75, 3.05) is 11.1 Å². The molecule has 43 heavy (non-hydrogen) atoms. The quantitative estimate of drug-likeness (QED) is 0.181. The lowest BCUT2D eigenvalue weighted by Crippen LogP contribution is -2.28. The maximum atomic E-state index is 14.2. The van der Waals surface area contributed by atoms with Crippen molar-refractivity contribution in [2.24, 2.45) is 0 Å². The average Bonchev–Trinajstić information content (AvgIpc) is 2.92. The highest BCUT2D eigenvalue weighted by molar-refractivity contribution is 6.35. The highest BCUT2D eigenvalue weighted by Gasteiger charge is 2.31. The van der Waals surface area contributed by atoms with E-state index in [1.165, 1.54) is 24.5 Å². The van der Waals surface area contributed by atoms with Gasteiger partial charge >= 0.3 is 6.36 Å². The fourth-order valence-corrected chi connectivity index (χ4v) is 4.44. The molecule has 0 bridgehead atoms. The number of aromatic nitrogens is 4. The predicted molar refractivity (Wildman–Crippen MR) is 150 cm³/mol. The molecule has 1 atom stereocenters. The van der Waals surface area contributed by atoms with Crippen LogP contribution in [0.2, 0.25) is 5.02 Å². The van der Waals surface area contributed by atoms with Crippen LogP contribution in [-0.4, -0.2) is 25.9 Å². The van der Waals surface area contributed by atoms with Gasteiger partial charge in [0.2, 0.25) is 0 Å². The minimum Gasteiger partial charge on any atom is -0.406 e. The van der Waals surface area contributed by atoms with E-state index in [2.05, 4.69) is 36.8 Å². The zero-order chi connectivity index (χ0) is 30.9. The maximum absolute atomic E-state index is 14.2. The van der Waals surface area contributed by atoms with E-state index in [0.717, 1.165) is 28.8 Å². The summed E-state index contributed by atoms with van der Waals surface area (Å²) in [6, 6.07) is 11.3. The lowest BCUT2D eigenvalue weighted by Gasteiger charge is -2.21. The molecule has 0 saturated carbocycles. The zero-order valence-electron chi connectivity index (χ0n) is 21.9. The number of nitrogens with one attached hydrogen (secondary N) is 1. The number of nitrogens with two attached hydrogens (primary N) is 1. The summed E-state index contributed by atoms with van der Waals surface area (Å²) < 4.78 is 70.7. The van der Waals surface area contributed by atoms with E-state index in [0.29, 0.717) is 11.6 Å². The van der Waals surface area contributed by atoms with Gasteiger partial charge in [-0.15, -0.1) is 13.2 Å². The van der Waals surface area contributed by atoms with Crippen LogP contribution in [0.5, 0.6) is 5.75 Å². The predicted octanol–water partition coefficient (Wildman–Crippen LogP) is 6.16. The minimum atomic E-state index is -4.83. The van der Waals surface area contributed by atoms with Crippen LogP contribution in [0, 0.1) is 23.5 Å². The first-order chi connectivity index (χ1) is 20.4. The standard InChI is InChI=1S/C29H18ClF5N6O2/c1-15(27-40-23-4-2-3-22(30)24(23)28(42)41(27)19-12-17(31)11-18(32)13-19)39-26-21(25(36)37-14-38-26)10-7-16-5-8-20(9-6-16)43-29(33,34)35/h2-6,8-9,11-15H,1H3,(H3,36,37,38,39). The Bertz CT molecular complexity index is 1950. The SMILES string of the molecule is CC(Nc1ncnc(N)c1C#Cc1ccc(OC(F)(F)F)cc1)c1nc2cccc(Cl)c2c(=O)n1-c1cc(F)cc(F)c1. The summed E-state index contributed by atoms with van der Waals surface area (Å²) in [6.07, 6.45) is -3.66. The molecule has 0 aliphatic heterocycles. The van der Waals surface area contributed by atoms with Crippen LogP contribution in [0.4, 0.5) is 33.6 Å². The highest BCUT2D eigenvalue weighted by atomic mass is 35.5. The van der Waals surface area contributed by atoms with E-state index >= 15 is 0 Å². The van der Waals surface area contributed by atoms with E-state index in [1.807, 2.05) is 0 Å². The van der Waals surface area contributed by atoms with Crippen LogP contribution in [0.1, 0.15) is 29.9 Å². The molecule has 5 aromatic rings. The van der Waals surface area contributed by atoms with Gasteiger partial charge in [-0.25, -0.2) is 23.7 Å². The molecule has 8 nitrogen and oxygen atoms in total. The molecule has 3 N–H and O–H groups in total. The van der Waals surface area contributed by atoms with Crippen molar-refractivity contribution in [1.29, 1.82) is 0 Å². The van der Waals surface area contributed by atoms with Gasteiger partial charge in [0.25, 0.3) is 5.56 Å². The zero-order valence-corrected chi connectivity index (χ0v) is 22.6. The number of nitrogen functional groups attached to an aromatic ring is 1. The molecule has 0 aliphatic carbocycles. The topological polar surface area (TPSA) is 108 Å². The van der Waals surface area contributed by atoms with Crippen LogP contribution < -0.4 is 21.3 Å². The summed E-state index contributed by atoms with van der Waals surface area (Å²) in [6.45, 7) is 1.62. The number of hydrogen-bond donors (Lipinski definition) is 2. The third-order valence-corrected chi connectivity index (χ3v) is 6.33. The van der Waals surface area contributed by atoms with Gasteiger partial charge in [-0.1, -0.05) is 29.5 Å². The summed E-state index contributed by atoms with van der Waals surface area (Å²) in [7, 11) is 0. The van der Waals surface area contributed by atoms with Crippen molar-refractivity contribution in [2.45, 2.75) is 19.3 Å². The fourth-order valence-electron chi connectivity index (χ4n) is 4.19. The van der Waals surface area contributed by atoms with Crippen LogP contribution >= 0.6 is 11.6 Å². The largest absolute Gasteiger partial charge is 0.573 e. The molecule has 2 aromatic heterocycles. The van der Waals surface area contributed by atoms with Gasteiger partial charge in [-0.2, -0.15) is 0 Å². The van der Waals surface area contributed by atoms with Gasteiger partial charge in [0, 0.05) is 11.6 Å². The molecule has 2 heterocycles. The third-order valence-electron chi connectivity index (χ3n) is 6.02. The monoisotopic (exact) mass is 612 g/mol. The van der Waals surface area contributed by atoms with Gasteiger partial charge < -0.3 is 15.8 Å². The Morgan fingerprint density at radius 3 is 2.40 bits per heavy atom. The summed E-state index contributed by atoms with van der Waals surface area (Å²) >= 11 is 6.29. The molecule has 0 amide bonds. The molecular weight excluding hydrogens is 595 g/mol. The van der Waals surface area contributed by atoms with Gasteiger partial charge in [0.05, 0.1) is 27.7 Å². The van der Waals surface area contributed by atoms with Crippen molar-refractivity contribution < 1.29 is 26.7 Å². The maximum Gasteiger partial charge on any atom is 0.573 e. The first-order valence-electron chi connectivity index (χ1n) is 12.3. The molecule has 0 aliphatic rings. The number of fused-ring (bicyclic) bond motifs is 1. The number of hydrogen-bond acceptors (Lipinski definition) is 7. The van der Waals surface area contributed by atoms with Crippen molar-refractivity contribution in [1.82, 2.24) is 19.5 Å². The molecule has 14 heteroatoms. The number of rotatable bonds is 5. The first-order valence-corrected chi connectivity index (χ1v) is 12.7. The molecule has 5 rings (SSSR count). The minimum absolute atomic E-state index is 0.0166. The molecular formula is C29H18ClF5N6O2. The van der Waals surface area contributed by atoms with Crippen molar-refractivity contribution in [3.63, 3.8) is 0 Å². The lowest BCUT2D eigenvalue weighted by atomic mass is 10.1. The second-order valence-electron chi connectivity index (χ2n) is 9.04. The Morgan fingerprint density at radius 2 is 1.72 bits per heavy atom. The van der Waals surface area contributed by atoms with Crippen molar-refractivity contribution in [3.05, 3.63) is 111 Å². The van der Waals surface area contributed by atoms with Gasteiger partial charge in [-0.05, 0) is 55.5 Å². The average molecular weight is 613 g/mol. The Morgan fingerprint density at radius 1 is 1.02 bits per heavy atom. The van der Waals surface area contributed by atoms with Crippen LogP contribution in [0.15, 0.2) is 71.8 Å². The second kappa shape index (κ2) is 11.6. The Kier molecular flexibility index (Phi) is 7.88. The Labute approximate surface area is 244 Å². The summed E-state index contributed by atoms with van der Waals surface area (Å²) in [4.78, 5) is 26.4. The third kappa shape index (κ3) is 6.49. The molecule has 0 radical (unpaired) electrons. The van der Waals surface area contributed by atoms with Crippen LogP contribution in [-0.2, 0) is 0 Å². The van der Waals surface area contributed by atoms with Gasteiger partial charge in [0.15, 0.2) is 0 Å². The van der Waals surface area contributed by atoms with Crippen molar-refractivity contribution in [3.8, 4) is 23.3 Å². The molecule has 3 aromatic carbocycles. The molecule has 218 valence electrons. The van der Waals surface area contributed by atoms with Crippen LogP contribution in [0.25, 0.3) is 16.6 Å². The van der Waals surface area contributed by atoms with E-state index in [-0.39, 0.29) is 44.6 Å². The smallest absolute Gasteiger partial charge is 0.406 e. The molecule has 0 fully saturated rings. The van der Waals surface area contributed by atoms with E-state index in [1.54, 1.807) is 19.1 Å². The number of halogens is 6. The van der Waals surface area contributed by atoms with Gasteiger partial charge in [-0.3, -0.25) is 9.36 Å².